The fourth-order valence-corrected chi connectivity index (χ4v) is 2.93. The Morgan fingerprint density at radius 1 is 1.32 bits per heavy atom. The zero-order valence-electron chi connectivity index (χ0n) is 13.0. The van der Waals surface area contributed by atoms with Crippen LogP contribution in [0.2, 0.25) is 5.02 Å². The monoisotopic (exact) mass is 325 g/mol. The van der Waals surface area contributed by atoms with Crippen LogP contribution >= 0.6 is 11.6 Å². The second kappa shape index (κ2) is 8.25. The molecular formula is C16H24ClN3O2. The number of ether oxygens (including phenoxy) is 1. The number of anilines is 1. The Hall–Kier alpha value is -1.46. The quantitative estimate of drug-likeness (QED) is 0.555. The first-order valence-electron chi connectivity index (χ1n) is 7.76. The molecule has 1 aromatic carbocycles. The van der Waals surface area contributed by atoms with Crippen molar-refractivity contribution in [1.82, 2.24) is 10.6 Å². The molecule has 0 unspecified atom stereocenters. The summed E-state index contributed by atoms with van der Waals surface area (Å²) in [6, 6.07) is 3.70. The molecule has 6 heteroatoms. The molecule has 0 saturated heterocycles. The minimum absolute atomic E-state index is 0.204. The van der Waals surface area contributed by atoms with Crippen molar-refractivity contribution in [1.29, 1.82) is 0 Å². The molecule has 1 fully saturated rings. The Labute approximate surface area is 136 Å². The highest BCUT2D eigenvalue weighted by Crippen LogP contribution is 2.28. The lowest BCUT2D eigenvalue weighted by Gasteiger charge is -2.22. The van der Waals surface area contributed by atoms with Gasteiger partial charge in [-0.3, -0.25) is 4.79 Å². The van der Waals surface area contributed by atoms with Crippen LogP contribution in [0, 0.1) is 0 Å². The highest BCUT2D eigenvalue weighted by atomic mass is 35.5. The lowest BCUT2D eigenvalue weighted by atomic mass is 9.95. The molecule has 0 heterocycles. The molecule has 5 nitrogen and oxygen atoms in total. The van der Waals surface area contributed by atoms with Crippen molar-refractivity contribution in [2.24, 2.45) is 0 Å². The number of nitrogens with two attached hydrogens (primary N) is 1. The minimum atomic E-state index is -0.204. The van der Waals surface area contributed by atoms with E-state index in [-0.39, 0.29) is 5.91 Å². The van der Waals surface area contributed by atoms with Crippen LogP contribution in [0.25, 0.3) is 0 Å². The van der Waals surface area contributed by atoms with E-state index in [1.807, 2.05) is 0 Å². The van der Waals surface area contributed by atoms with Gasteiger partial charge in [0.25, 0.3) is 5.91 Å². The molecule has 1 aromatic rings. The maximum absolute atomic E-state index is 12.2. The summed E-state index contributed by atoms with van der Waals surface area (Å²) >= 11 is 5.98. The van der Waals surface area contributed by atoms with Gasteiger partial charge in [-0.25, -0.2) is 0 Å². The third-order valence-electron chi connectivity index (χ3n) is 4.01. The first-order valence-corrected chi connectivity index (χ1v) is 8.14. The molecule has 4 N–H and O–H groups in total. The van der Waals surface area contributed by atoms with Gasteiger partial charge in [-0.1, -0.05) is 30.9 Å². The van der Waals surface area contributed by atoms with E-state index >= 15 is 0 Å². The summed E-state index contributed by atoms with van der Waals surface area (Å²) in [7, 11) is 1.50. The molecule has 1 aliphatic rings. The van der Waals surface area contributed by atoms with E-state index in [1.165, 1.54) is 39.2 Å². The average molecular weight is 326 g/mol. The molecule has 0 aromatic heterocycles. The molecule has 0 spiro atoms. The number of carbonyl (C=O) groups excluding carboxylic acids is 1. The van der Waals surface area contributed by atoms with E-state index in [4.69, 9.17) is 22.1 Å². The molecule has 2 rings (SSSR count). The number of carbonyl (C=O) groups is 1. The van der Waals surface area contributed by atoms with Gasteiger partial charge >= 0.3 is 0 Å². The van der Waals surface area contributed by atoms with E-state index in [2.05, 4.69) is 10.6 Å². The first kappa shape index (κ1) is 16.9. The van der Waals surface area contributed by atoms with Crippen molar-refractivity contribution < 1.29 is 9.53 Å². The number of amides is 1. The normalized spacial score (nSPS) is 15.5. The zero-order chi connectivity index (χ0) is 15.9. The van der Waals surface area contributed by atoms with Crippen molar-refractivity contribution in [3.63, 3.8) is 0 Å². The molecule has 122 valence electrons. The van der Waals surface area contributed by atoms with Gasteiger partial charge in [0.2, 0.25) is 0 Å². The van der Waals surface area contributed by atoms with Crippen molar-refractivity contribution >= 4 is 23.2 Å². The van der Waals surface area contributed by atoms with E-state index in [9.17, 15) is 4.79 Å². The standard InChI is InChI=1S/C16H24ClN3O2/c1-22-15-10-14(18)13(17)9-12(15)16(21)20-8-7-19-11-5-3-2-4-6-11/h9-11,19H,2-8,18H2,1H3,(H,20,21). The first-order chi connectivity index (χ1) is 10.6. The number of benzene rings is 1. The lowest BCUT2D eigenvalue weighted by molar-refractivity contribution is 0.0950. The van der Waals surface area contributed by atoms with Gasteiger partial charge in [-0.2, -0.15) is 0 Å². The smallest absolute Gasteiger partial charge is 0.255 e. The lowest BCUT2D eigenvalue weighted by Crippen LogP contribution is -2.38. The van der Waals surface area contributed by atoms with E-state index in [1.54, 1.807) is 12.1 Å². The van der Waals surface area contributed by atoms with Crippen molar-refractivity contribution in [3.05, 3.63) is 22.7 Å². The van der Waals surface area contributed by atoms with E-state index in [0.29, 0.717) is 34.6 Å². The van der Waals surface area contributed by atoms with Crippen LogP contribution in [-0.2, 0) is 0 Å². The Morgan fingerprint density at radius 2 is 2.05 bits per heavy atom. The molecule has 0 bridgehead atoms. The Kier molecular flexibility index (Phi) is 6.34. The van der Waals surface area contributed by atoms with Gasteiger partial charge in [0.15, 0.2) is 0 Å². The maximum Gasteiger partial charge on any atom is 0.255 e. The second-order valence-electron chi connectivity index (χ2n) is 5.62. The Morgan fingerprint density at radius 3 is 2.73 bits per heavy atom. The number of nitrogens with one attached hydrogen (secondary N) is 2. The van der Waals surface area contributed by atoms with Gasteiger partial charge in [0.05, 0.1) is 23.4 Å². The summed E-state index contributed by atoms with van der Waals surface area (Å²) in [5.74, 6) is 0.226. The number of halogens is 1. The van der Waals surface area contributed by atoms with Crippen LogP contribution in [0.15, 0.2) is 12.1 Å². The molecule has 1 saturated carbocycles. The second-order valence-corrected chi connectivity index (χ2v) is 6.03. The summed E-state index contributed by atoms with van der Waals surface area (Å²) in [5.41, 5.74) is 6.52. The van der Waals surface area contributed by atoms with Crippen molar-refractivity contribution in [2.45, 2.75) is 38.1 Å². The van der Waals surface area contributed by atoms with Crippen LogP contribution < -0.4 is 21.1 Å². The van der Waals surface area contributed by atoms with Gasteiger partial charge < -0.3 is 21.1 Å². The summed E-state index contributed by atoms with van der Waals surface area (Å²) in [4.78, 5) is 12.2. The number of hydrogen-bond acceptors (Lipinski definition) is 4. The van der Waals surface area contributed by atoms with Crippen LogP contribution in [0.4, 0.5) is 5.69 Å². The average Bonchev–Trinajstić information content (AvgIpc) is 2.54. The Bertz CT molecular complexity index is 516. The largest absolute Gasteiger partial charge is 0.496 e. The summed E-state index contributed by atoms with van der Waals surface area (Å²) in [6.45, 7) is 1.34. The molecule has 1 aliphatic carbocycles. The fraction of sp³-hybridized carbons (Fsp3) is 0.562. The zero-order valence-corrected chi connectivity index (χ0v) is 13.7. The number of rotatable bonds is 6. The molecular weight excluding hydrogens is 302 g/mol. The predicted octanol–water partition coefficient (Wildman–Crippen LogP) is 2.58. The molecule has 1 amide bonds. The maximum atomic E-state index is 12.2. The Balaban J connectivity index is 1.83. The number of methoxy groups -OCH3 is 1. The molecule has 0 radical (unpaired) electrons. The molecule has 0 aliphatic heterocycles. The van der Waals surface area contributed by atoms with E-state index in [0.717, 1.165) is 6.54 Å². The van der Waals surface area contributed by atoms with Gasteiger partial charge in [-0.15, -0.1) is 0 Å². The van der Waals surface area contributed by atoms with Crippen LogP contribution in [0.1, 0.15) is 42.5 Å². The van der Waals surface area contributed by atoms with Gasteiger partial charge in [-0.05, 0) is 18.9 Å². The van der Waals surface area contributed by atoms with Crippen molar-refractivity contribution in [3.8, 4) is 5.75 Å². The highest BCUT2D eigenvalue weighted by Gasteiger charge is 2.15. The molecule has 22 heavy (non-hydrogen) atoms. The van der Waals surface area contributed by atoms with Gasteiger partial charge in [0.1, 0.15) is 5.75 Å². The number of nitrogen functional groups attached to an aromatic ring is 1. The fourth-order valence-electron chi connectivity index (χ4n) is 2.77. The predicted molar refractivity (Wildman–Crippen MR) is 89.6 cm³/mol. The third-order valence-corrected chi connectivity index (χ3v) is 4.34. The molecule has 0 atom stereocenters. The van der Waals surface area contributed by atoms with Gasteiger partial charge in [0, 0.05) is 25.2 Å². The van der Waals surface area contributed by atoms with Crippen LogP contribution in [0.5, 0.6) is 5.75 Å². The summed E-state index contributed by atoms with van der Waals surface area (Å²) in [6.07, 6.45) is 6.40. The van der Waals surface area contributed by atoms with Crippen LogP contribution in [-0.4, -0.2) is 32.1 Å². The number of hydrogen-bond donors (Lipinski definition) is 3. The SMILES string of the molecule is COc1cc(N)c(Cl)cc1C(=O)NCCNC1CCCCC1. The topological polar surface area (TPSA) is 76.4 Å². The minimum Gasteiger partial charge on any atom is -0.496 e. The van der Waals surface area contributed by atoms with Crippen LogP contribution in [0.3, 0.4) is 0 Å². The third kappa shape index (κ3) is 4.52. The summed E-state index contributed by atoms with van der Waals surface area (Å²) in [5, 5.41) is 6.72. The van der Waals surface area contributed by atoms with Crippen molar-refractivity contribution in [2.75, 3.05) is 25.9 Å². The summed E-state index contributed by atoms with van der Waals surface area (Å²) < 4.78 is 5.19. The highest BCUT2D eigenvalue weighted by molar-refractivity contribution is 6.33. The van der Waals surface area contributed by atoms with E-state index < -0.39 is 0 Å².